The van der Waals surface area contributed by atoms with Gasteiger partial charge in [-0.15, -0.1) is 0 Å². The first kappa shape index (κ1) is 37.6. The molecule has 0 aliphatic heterocycles. The summed E-state index contributed by atoms with van der Waals surface area (Å²) in [4.78, 5) is 0. The Morgan fingerprint density at radius 1 is 0.164 bits per heavy atom. The standard InChI is InChI=1S/C66H41N/c1-2-18-50(19-3-1)67-65-34-30-48(44-16-12-14-42(36-44)46-28-32-59-55-24-6-4-20-51(55)53-22-8-10-26-57(53)61(59)38-46)40-63(65)64-41-49(31-35-66(64)67)45-17-13-15-43(37-45)47-29-33-60-56-25-7-5-21-52(56)54-23-9-11-27-58(54)62(60)39-47/h1-41H. The molecule has 1 nitrogen and oxygen atoms in total. The lowest BCUT2D eigenvalue weighted by molar-refractivity contribution is 1.18. The van der Waals surface area contributed by atoms with Crippen molar-refractivity contribution in [2.45, 2.75) is 0 Å². The highest BCUT2D eigenvalue weighted by Gasteiger charge is 2.17. The zero-order chi connectivity index (χ0) is 44.0. The fourth-order valence-corrected chi connectivity index (χ4v) is 11.2. The van der Waals surface area contributed by atoms with E-state index in [2.05, 4.69) is 253 Å². The second-order valence-corrected chi connectivity index (χ2v) is 18.0. The second-order valence-electron chi connectivity index (χ2n) is 18.0. The van der Waals surface area contributed by atoms with E-state index in [0.29, 0.717) is 0 Å². The van der Waals surface area contributed by atoms with Crippen molar-refractivity contribution in [1.82, 2.24) is 4.57 Å². The first-order valence-electron chi connectivity index (χ1n) is 23.2. The minimum Gasteiger partial charge on any atom is -0.309 e. The molecule has 0 N–H and O–H groups in total. The molecule has 0 unspecified atom stereocenters. The molecule has 1 aromatic heterocycles. The monoisotopic (exact) mass is 847 g/mol. The molecule has 0 spiro atoms. The van der Waals surface area contributed by atoms with Crippen LogP contribution in [-0.4, -0.2) is 4.57 Å². The van der Waals surface area contributed by atoms with Crippen LogP contribution in [0.1, 0.15) is 0 Å². The minimum atomic E-state index is 1.15. The van der Waals surface area contributed by atoms with Gasteiger partial charge in [-0.2, -0.15) is 0 Å². The van der Waals surface area contributed by atoms with E-state index in [1.807, 2.05) is 0 Å². The average Bonchev–Trinajstić information content (AvgIpc) is 3.74. The molecule has 1 heteroatoms. The quantitative estimate of drug-likeness (QED) is 0.152. The molecule has 0 radical (unpaired) electrons. The Kier molecular flexibility index (Phi) is 8.35. The lowest BCUT2D eigenvalue weighted by Crippen LogP contribution is -1.93. The van der Waals surface area contributed by atoms with Crippen molar-refractivity contribution >= 4 is 86.4 Å². The molecule has 0 bridgehead atoms. The van der Waals surface area contributed by atoms with Crippen molar-refractivity contribution in [1.29, 1.82) is 0 Å². The van der Waals surface area contributed by atoms with Gasteiger partial charge in [-0.1, -0.05) is 188 Å². The molecule has 0 amide bonds. The predicted molar refractivity (Wildman–Crippen MR) is 288 cm³/mol. The van der Waals surface area contributed by atoms with Crippen LogP contribution in [0.4, 0.5) is 0 Å². The van der Waals surface area contributed by atoms with Crippen LogP contribution in [-0.2, 0) is 0 Å². The zero-order valence-corrected chi connectivity index (χ0v) is 36.6. The summed E-state index contributed by atoms with van der Waals surface area (Å²) in [5, 5.41) is 18.0. The molecule has 0 atom stereocenters. The van der Waals surface area contributed by atoms with E-state index < -0.39 is 0 Å². The van der Waals surface area contributed by atoms with Crippen LogP contribution in [0, 0.1) is 0 Å². The molecule has 13 aromatic carbocycles. The van der Waals surface area contributed by atoms with Crippen LogP contribution in [0.2, 0.25) is 0 Å². The SMILES string of the molecule is c1ccc(-n2c3ccc(-c4cccc(-c5ccc6c7ccccc7c7ccccc7c6c5)c4)cc3c3cc(-c4cccc(-c5ccc6c7ccccc7c7ccccc7c6c5)c4)ccc32)cc1. The van der Waals surface area contributed by atoms with E-state index >= 15 is 0 Å². The summed E-state index contributed by atoms with van der Waals surface area (Å²) in [5.74, 6) is 0. The number of benzene rings is 13. The van der Waals surface area contributed by atoms with Crippen LogP contribution in [0.25, 0.3) is 137 Å². The van der Waals surface area contributed by atoms with Crippen LogP contribution >= 0.6 is 0 Å². The van der Waals surface area contributed by atoms with E-state index in [-0.39, 0.29) is 0 Å². The number of fused-ring (bicyclic) bond motifs is 15. The number of rotatable bonds is 5. The van der Waals surface area contributed by atoms with Crippen LogP contribution in [0.3, 0.4) is 0 Å². The summed E-state index contributed by atoms with van der Waals surface area (Å²) >= 11 is 0. The van der Waals surface area contributed by atoms with Crippen LogP contribution < -0.4 is 0 Å². The van der Waals surface area contributed by atoms with Crippen molar-refractivity contribution in [2.24, 2.45) is 0 Å². The Balaban J connectivity index is 0.890. The van der Waals surface area contributed by atoms with Gasteiger partial charge in [0.2, 0.25) is 0 Å². The Morgan fingerprint density at radius 2 is 0.433 bits per heavy atom. The van der Waals surface area contributed by atoms with E-state index in [4.69, 9.17) is 0 Å². The summed E-state index contributed by atoms with van der Waals surface area (Å²) in [7, 11) is 0. The highest BCUT2D eigenvalue weighted by Crippen LogP contribution is 2.42. The Hall–Kier alpha value is -8.78. The molecule has 14 aromatic rings. The van der Waals surface area contributed by atoms with E-state index in [0.717, 1.165) is 5.69 Å². The summed E-state index contributed by atoms with van der Waals surface area (Å²) < 4.78 is 2.41. The molecule has 0 fully saturated rings. The topological polar surface area (TPSA) is 4.93 Å². The number of hydrogen-bond donors (Lipinski definition) is 0. The maximum Gasteiger partial charge on any atom is 0.0541 e. The summed E-state index contributed by atoms with van der Waals surface area (Å²) in [5.41, 5.74) is 13.2. The number of aromatic nitrogens is 1. The first-order chi connectivity index (χ1) is 33.2. The Bertz CT molecular complexity index is 3990. The fraction of sp³-hybridized carbons (Fsp3) is 0. The lowest BCUT2D eigenvalue weighted by atomic mass is 9.91. The van der Waals surface area contributed by atoms with Gasteiger partial charge in [-0.25, -0.2) is 0 Å². The Labute approximate surface area is 388 Å². The average molecular weight is 848 g/mol. The van der Waals surface area contributed by atoms with Gasteiger partial charge in [-0.05, 0) is 170 Å². The number of hydrogen-bond acceptors (Lipinski definition) is 0. The van der Waals surface area contributed by atoms with Gasteiger partial charge in [0.05, 0.1) is 11.0 Å². The fourth-order valence-electron chi connectivity index (χ4n) is 11.2. The molecule has 0 saturated carbocycles. The van der Waals surface area contributed by atoms with Crippen molar-refractivity contribution in [3.8, 4) is 50.2 Å². The Morgan fingerprint density at radius 3 is 0.791 bits per heavy atom. The van der Waals surface area contributed by atoms with E-state index in [1.54, 1.807) is 0 Å². The van der Waals surface area contributed by atoms with Gasteiger partial charge in [0, 0.05) is 16.5 Å². The van der Waals surface area contributed by atoms with Crippen molar-refractivity contribution in [3.63, 3.8) is 0 Å². The second kappa shape index (κ2) is 14.9. The van der Waals surface area contributed by atoms with Crippen LogP contribution in [0.5, 0.6) is 0 Å². The number of nitrogens with zero attached hydrogens (tertiary/aromatic N) is 1. The van der Waals surface area contributed by atoms with Gasteiger partial charge in [0.1, 0.15) is 0 Å². The maximum atomic E-state index is 2.41. The van der Waals surface area contributed by atoms with Crippen molar-refractivity contribution in [3.05, 3.63) is 249 Å². The molecule has 0 saturated heterocycles. The smallest absolute Gasteiger partial charge is 0.0541 e. The molecule has 14 rings (SSSR count). The highest BCUT2D eigenvalue weighted by atomic mass is 15.0. The third-order valence-corrected chi connectivity index (χ3v) is 14.3. The third kappa shape index (κ3) is 5.95. The first-order valence-corrected chi connectivity index (χ1v) is 23.2. The summed E-state index contributed by atoms with van der Waals surface area (Å²) in [6, 6.07) is 92.1. The molecule has 1 heterocycles. The molecular formula is C66H41N. The van der Waals surface area contributed by atoms with Gasteiger partial charge >= 0.3 is 0 Å². The molecule has 0 aliphatic carbocycles. The predicted octanol–water partition coefficient (Wildman–Crippen LogP) is 18.4. The maximum absolute atomic E-state index is 2.41. The van der Waals surface area contributed by atoms with Crippen LogP contribution in [0.15, 0.2) is 249 Å². The van der Waals surface area contributed by atoms with Gasteiger partial charge < -0.3 is 4.57 Å². The summed E-state index contributed by atoms with van der Waals surface area (Å²) in [6.45, 7) is 0. The van der Waals surface area contributed by atoms with E-state index in [1.165, 1.54) is 131 Å². The third-order valence-electron chi connectivity index (χ3n) is 14.3. The van der Waals surface area contributed by atoms with Gasteiger partial charge in [0.15, 0.2) is 0 Å². The molecule has 310 valence electrons. The van der Waals surface area contributed by atoms with Gasteiger partial charge in [0.25, 0.3) is 0 Å². The van der Waals surface area contributed by atoms with E-state index in [9.17, 15) is 0 Å². The van der Waals surface area contributed by atoms with Crippen molar-refractivity contribution < 1.29 is 0 Å². The zero-order valence-electron chi connectivity index (χ0n) is 36.6. The van der Waals surface area contributed by atoms with Crippen molar-refractivity contribution in [2.75, 3.05) is 0 Å². The lowest BCUT2D eigenvalue weighted by Gasteiger charge is -2.13. The summed E-state index contributed by atoms with van der Waals surface area (Å²) in [6.07, 6.45) is 0. The van der Waals surface area contributed by atoms with Gasteiger partial charge in [-0.3, -0.25) is 0 Å². The normalized spacial score (nSPS) is 11.9. The highest BCUT2D eigenvalue weighted by molar-refractivity contribution is 6.27. The minimum absolute atomic E-state index is 1.15. The largest absolute Gasteiger partial charge is 0.309 e. The molecule has 67 heavy (non-hydrogen) atoms. The molecular weight excluding hydrogens is 807 g/mol. The molecule has 0 aliphatic rings. The number of para-hydroxylation sites is 1.